The lowest BCUT2D eigenvalue weighted by molar-refractivity contribution is 1.08. The summed E-state index contributed by atoms with van der Waals surface area (Å²) in [6.45, 7) is 0.667. The molecule has 0 aliphatic rings. The third kappa shape index (κ3) is 2.13. The number of benzene rings is 1. The van der Waals surface area contributed by atoms with Crippen LogP contribution in [0.15, 0.2) is 28.5 Å². The highest BCUT2D eigenvalue weighted by Gasteiger charge is 2.08. The van der Waals surface area contributed by atoms with Crippen LogP contribution < -0.4 is 5.32 Å². The summed E-state index contributed by atoms with van der Waals surface area (Å²) in [5.74, 6) is 0. The zero-order valence-corrected chi connectivity index (χ0v) is 11.1. The number of fused-ring (bicyclic) bond motifs is 1. The van der Waals surface area contributed by atoms with E-state index in [1.54, 1.807) is 22.7 Å². The highest BCUT2D eigenvalue weighted by atomic mass is 35.5. The summed E-state index contributed by atoms with van der Waals surface area (Å²) < 4.78 is 1.13. The Balaban J connectivity index is 1.93. The van der Waals surface area contributed by atoms with Crippen LogP contribution in [0.3, 0.4) is 0 Å². The summed E-state index contributed by atoms with van der Waals surface area (Å²) in [7, 11) is 0. The molecule has 0 spiro atoms. The van der Waals surface area contributed by atoms with Crippen LogP contribution >= 0.6 is 34.3 Å². The maximum atomic E-state index is 6.18. The van der Waals surface area contributed by atoms with Gasteiger partial charge in [-0.15, -0.1) is 22.7 Å². The Hall–Kier alpha value is -1.17. The summed E-state index contributed by atoms with van der Waals surface area (Å²) >= 11 is 9.38. The summed E-state index contributed by atoms with van der Waals surface area (Å²) in [6, 6.07) is 3.88. The lowest BCUT2D eigenvalue weighted by Gasteiger charge is -2.07. The Kier molecular flexibility index (Phi) is 2.96. The molecule has 1 N–H and O–H groups in total. The van der Waals surface area contributed by atoms with E-state index in [0.717, 1.165) is 21.6 Å². The second-order valence-electron chi connectivity index (χ2n) is 3.45. The summed E-state index contributed by atoms with van der Waals surface area (Å²) in [6.07, 6.45) is 0. The lowest BCUT2D eigenvalue weighted by Crippen LogP contribution is -2.00. The summed E-state index contributed by atoms with van der Waals surface area (Å²) in [5.41, 5.74) is 6.48. The molecule has 0 aliphatic heterocycles. The van der Waals surface area contributed by atoms with Gasteiger partial charge in [0.05, 0.1) is 38.7 Å². The number of thiazole rings is 2. The van der Waals surface area contributed by atoms with Crippen molar-refractivity contribution < 1.29 is 0 Å². The predicted molar refractivity (Wildman–Crippen MR) is 74.1 cm³/mol. The molecule has 0 saturated carbocycles. The highest BCUT2D eigenvalue weighted by Crippen LogP contribution is 2.32. The van der Waals surface area contributed by atoms with Crippen LogP contribution in [0.4, 0.5) is 5.69 Å². The van der Waals surface area contributed by atoms with Crippen molar-refractivity contribution in [2.75, 3.05) is 5.32 Å². The van der Waals surface area contributed by atoms with E-state index in [0.29, 0.717) is 11.6 Å². The van der Waals surface area contributed by atoms with Gasteiger partial charge in [-0.05, 0) is 12.1 Å². The maximum Gasteiger partial charge on any atom is 0.106 e. The van der Waals surface area contributed by atoms with Gasteiger partial charge < -0.3 is 5.32 Å². The van der Waals surface area contributed by atoms with Gasteiger partial charge in [-0.3, -0.25) is 0 Å². The first-order valence-corrected chi connectivity index (χ1v) is 7.17. The SMILES string of the molecule is Clc1ccc2scnc2c1NCc1cscn1. The number of nitrogens with one attached hydrogen (secondary N) is 1. The second kappa shape index (κ2) is 4.60. The van der Waals surface area contributed by atoms with Crippen molar-refractivity contribution in [1.29, 1.82) is 0 Å². The van der Waals surface area contributed by atoms with Crippen molar-refractivity contribution in [3.8, 4) is 0 Å². The van der Waals surface area contributed by atoms with Gasteiger partial charge in [-0.25, -0.2) is 9.97 Å². The average molecular weight is 282 g/mol. The average Bonchev–Trinajstić information content (AvgIpc) is 2.97. The van der Waals surface area contributed by atoms with Crippen LogP contribution in [0.25, 0.3) is 10.2 Å². The van der Waals surface area contributed by atoms with Crippen LogP contribution in [0.1, 0.15) is 5.69 Å². The Morgan fingerprint density at radius 3 is 3.00 bits per heavy atom. The maximum absolute atomic E-state index is 6.18. The standard InChI is InChI=1S/C11H8ClN3S2/c12-8-1-2-9-11(15-6-17-9)10(8)13-3-7-4-16-5-14-7/h1-2,4-6,13H,3H2. The molecular weight excluding hydrogens is 274 g/mol. The first-order valence-electron chi connectivity index (χ1n) is 4.97. The largest absolute Gasteiger partial charge is 0.376 e. The Morgan fingerprint density at radius 1 is 1.24 bits per heavy atom. The summed E-state index contributed by atoms with van der Waals surface area (Å²) in [4.78, 5) is 8.56. The van der Waals surface area contributed by atoms with Crippen LogP contribution in [-0.2, 0) is 6.54 Å². The number of hydrogen-bond acceptors (Lipinski definition) is 5. The van der Waals surface area contributed by atoms with E-state index in [-0.39, 0.29) is 0 Å². The van der Waals surface area contributed by atoms with Gasteiger partial charge in [0.2, 0.25) is 0 Å². The molecule has 3 nitrogen and oxygen atoms in total. The van der Waals surface area contributed by atoms with E-state index in [2.05, 4.69) is 15.3 Å². The molecule has 3 rings (SSSR count). The van der Waals surface area contributed by atoms with E-state index < -0.39 is 0 Å². The normalized spacial score (nSPS) is 10.9. The van der Waals surface area contributed by atoms with Gasteiger partial charge in [0.25, 0.3) is 0 Å². The van der Waals surface area contributed by atoms with Crippen LogP contribution in [0, 0.1) is 0 Å². The quantitative estimate of drug-likeness (QED) is 0.788. The van der Waals surface area contributed by atoms with Crippen molar-refractivity contribution in [2.45, 2.75) is 6.54 Å². The number of rotatable bonds is 3. The molecule has 0 amide bonds. The zero-order chi connectivity index (χ0) is 11.7. The molecule has 2 aromatic heterocycles. The fraction of sp³-hybridized carbons (Fsp3) is 0.0909. The fourth-order valence-electron chi connectivity index (χ4n) is 1.58. The number of halogens is 1. The topological polar surface area (TPSA) is 37.8 Å². The minimum absolute atomic E-state index is 0.667. The molecule has 2 heterocycles. The molecular formula is C11H8ClN3S2. The molecule has 0 fully saturated rings. The van der Waals surface area contributed by atoms with Gasteiger partial charge >= 0.3 is 0 Å². The molecule has 17 heavy (non-hydrogen) atoms. The molecule has 86 valence electrons. The van der Waals surface area contributed by atoms with Crippen LogP contribution in [-0.4, -0.2) is 9.97 Å². The van der Waals surface area contributed by atoms with Crippen molar-refractivity contribution in [3.05, 3.63) is 39.3 Å². The van der Waals surface area contributed by atoms with E-state index in [1.807, 2.05) is 28.5 Å². The van der Waals surface area contributed by atoms with Crippen molar-refractivity contribution >= 4 is 50.2 Å². The second-order valence-corrected chi connectivity index (χ2v) is 5.47. The molecule has 6 heteroatoms. The smallest absolute Gasteiger partial charge is 0.106 e. The van der Waals surface area contributed by atoms with E-state index in [1.165, 1.54) is 0 Å². The minimum Gasteiger partial charge on any atom is -0.376 e. The predicted octanol–water partition coefficient (Wildman–Crippen LogP) is 4.02. The first-order chi connectivity index (χ1) is 8.34. The third-order valence-electron chi connectivity index (χ3n) is 2.38. The molecule has 0 saturated heterocycles. The van der Waals surface area contributed by atoms with E-state index in [4.69, 9.17) is 11.6 Å². The van der Waals surface area contributed by atoms with Crippen molar-refractivity contribution in [2.24, 2.45) is 0 Å². The Labute approximate surface area is 111 Å². The van der Waals surface area contributed by atoms with Crippen LogP contribution in [0.5, 0.6) is 0 Å². The molecule has 1 aromatic carbocycles. The number of aromatic nitrogens is 2. The highest BCUT2D eigenvalue weighted by molar-refractivity contribution is 7.16. The van der Waals surface area contributed by atoms with Gasteiger partial charge in [0.15, 0.2) is 0 Å². The van der Waals surface area contributed by atoms with Gasteiger partial charge in [-0.1, -0.05) is 11.6 Å². The van der Waals surface area contributed by atoms with Crippen molar-refractivity contribution in [3.63, 3.8) is 0 Å². The fourth-order valence-corrected chi connectivity index (χ4v) is 3.04. The number of nitrogens with zero attached hydrogens (tertiary/aromatic N) is 2. The zero-order valence-electron chi connectivity index (χ0n) is 8.68. The first kappa shape index (κ1) is 11.0. The van der Waals surface area contributed by atoms with E-state index in [9.17, 15) is 0 Å². The molecule has 0 unspecified atom stereocenters. The number of anilines is 1. The minimum atomic E-state index is 0.667. The van der Waals surface area contributed by atoms with Gasteiger partial charge in [-0.2, -0.15) is 0 Å². The number of hydrogen-bond donors (Lipinski definition) is 1. The molecule has 3 aromatic rings. The molecule has 0 atom stereocenters. The van der Waals surface area contributed by atoms with E-state index >= 15 is 0 Å². The third-order valence-corrected chi connectivity index (χ3v) is 4.13. The Morgan fingerprint density at radius 2 is 2.18 bits per heavy atom. The van der Waals surface area contributed by atoms with Gasteiger partial charge in [0.1, 0.15) is 5.52 Å². The molecule has 0 aliphatic carbocycles. The van der Waals surface area contributed by atoms with Crippen molar-refractivity contribution in [1.82, 2.24) is 9.97 Å². The summed E-state index contributed by atoms with van der Waals surface area (Å²) in [5, 5.41) is 6.01. The monoisotopic (exact) mass is 281 g/mol. The van der Waals surface area contributed by atoms with Gasteiger partial charge in [0, 0.05) is 5.38 Å². The lowest BCUT2D eigenvalue weighted by atomic mass is 10.3. The van der Waals surface area contributed by atoms with Crippen LogP contribution in [0.2, 0.25) is 5.02 Å². The Bertz CT molecular complexity index is 633. The molecule has 0 radical (unpaired) electrons. The molecule has 0 bridgehead atoms.